The van der Waals surface area contributed by atoms with Crippen molar-refractivity contribution in [2.45, 2.75) is 13.0 Å². The molecule has 0 saturated heterocycles. The number of benzene rings is 2. The molecule has 0 fully saturated rings. The molecule has 3 rings (SSSR count). The number of nitrogens with two attached hydrogens (primary N) is 1. The van der Waals surface area contributed by atoms with Gasteiger partial charge in [-0.2, -0.15) is 0 Å². The highest BCUT2D eigenvalue weighted by Crippen LogP contribution is 2.24. The third-order valence-corrected chi connectivity index (χ3v) is 3.24. The van der Waals surface area contributed by atoms with Gasteiger partial charge >= 0.3 is 0 Å². The average Bonchev–Trinajstić information content (AvgIpc) is 2.43. The minimum Gasteiger partial charge on any atom is -0.389 e. The van der Waals surface area contributed by atoms with Gasteiger partial charge in [0.15, 0.2) is 0 Å². The van der Waals surface area contributed by atoms with Gasteiger partial charge in [-0.15, -0.1) is 0 Å². The molecule has 0 radical (unpaired) electrons. The van der Waals surface area contributed by atoms with Gasteiger partial charge in [0.05, 0.1) is 28.2 Å². The van der Waals surface area contributed by atoms with Crippen LogP contribution < -0.4 is 5.73 Å². The summed E-state index contributed by atoms with van der Waals surface area (Å²) in [6, 6.07) is 10.5. The maximum Gasteiger partial charge on any atom is 0.250 e. The summed E-state index contributed by atoms with van der Waals surface area (Å²) in [4.78, 5) is 20.4. The van der Waals surface area contributed by atoms with E-state index >= 15 is 0 Å². The number of aliphatic hydroxyl groups is 1. The van der Waals surface area contributed by atoms with Crippen molar-refractivity contribution in [3.8, 4) is 0 Å². The van der Waals surface area contributed by atoms with Crippen LogP contribution in [0.15, 0.2) is 36.4 Å². The van der Waals surface area contributed by atoms with Crippen LogP contribution in [0, 0.1) is 0 Å². The Morgan fingerprint density at radius 3 is 2.35 bits per heavy atom. The average molecular weight is 267 g/mol. The lowest BCUT2D eigenvalue weighted by atomic mass is 10.1. The smallest absolute Gasteiger partial charge is 0.250 e. The third kappa shape index (κ3) is 1.88. The predicted octanol–water partition coefficient (Wildman–Crippen LogP) is 1.94. The lowest BCUT2D eigenvalue weighted by molar-refractivity contribution is 0.100. The predicted molar refractivity (Wildman–Crippen MR) is 76.2 cm³/mol. The van der Waals surface area contributed by atoms with Crippen molar-refractivity contribution in [2.75, 3.05) is 0 Å². The van der Waals surface area contributed by atoms with Crippen LogP contribution >= 0.6 is 0 Å². The number of nitrogens with zero attached hydrogens (tertiary/aromatic N) is 2. The molecule has 20 heavy (non-hydrogen) atoms. The molecule has 5 nitrogen and oxygen atoms in total. The van der Waals surface area contributed by atoms with E-state index in [1.165, 1.54) is 0 Å². The van der Waals surface area contributed by atoms with Crippen LogP contribution in [0.5, 0.6) is 0 Å². The van der Waals surface area contributed by atoms with Gasteiger partial charge in [0.2, 0.25) is 0 Å². The standard InChI is InChI=1S/C15H13N3O2/c1-8(19)9-4-2-6-11-13(9)17-12-7-3-5-10(15(16)20)14(12)18-11/h2-8,19H,1H3,(H2,16,20). The molecule has 1 heterocycles. The summed E-state index contributed by atoms with van der Waals surface area (Å²) in [6.07, 6.45) is -0.634. The van der Waals surface area contributed by atoms with E-state index in [0.717, 1.165) is 0 Å². The molecule has 1 amide bonds. The summed E-state index contributed by atoms with van der Waals surface area (Å²) in [6.45, 7) is 1.68. The summed E-state index contributed by atoms with van der Waals surface area (Å²) >= 11 is 0. The van der Waals surface area contributed by atoms with E-state index in [2.05, 4.69) is 9.97 Å². The lowest BCUT2D eigenvalue weighted by Gasteiger charge is -2.09. The maximum atomic E-state index is 11.4. The van der Waals surface area contributed by atoms with Gasteiger partial charge in [0.1, 0.15) is 5.52 Å². The summed E-state index contributed by atoms with van der Waals surface area (Å²) in [5, 5.41) is 9.79. The van der Waals surface area contributed by atoms with Crippen molar-refractivity contribution in [3.05, 3.63) is 47.5 Å². The highest BCUT2D eigenvalue weighted by Gasteiger charge is 2.13. The Morgan fingerprint density at radius 2 is 1.70 bits per heavy atom. The van der Waals surface area contributed by atoms with Crippen molar-refractivity contribution in [2.24, 2.45) is 5.73 Å². The van der Waals surface area contributed by atoms with E-state index in [1.807, 2.05) is 6.07 Å². The second-order valence-corrected chi connectivity index (χ2v) is 4.65. The van der Waals surface area contributed by atoms with E-state index in [1.54, 1.807) is 37.3 Å². The highest BCUT2D eigenvalue weighted by atomic mass is 16.3. The molecule has 1 aromatic heterocycles. The van der Waals surface area contributed by atoms with Crippen molar-refractivity contribution < 1.29 is 9.90 Å². The molecule has 0 saturated carbocycles. The van der Waals surface area contributed by atoms with Crippen molar-refractivity contribution in [3.63, 3.8) is 0 Å². The number of rotatable bonds is 2. The Hall–Kier alpha value is -2.53. The van der Waals surface area contributed by atoms with E-state index in [-0.39, 0.29) is 0 Å². The fraction of sp³-hybridized carbons (Fsp3) is 0.133. The van der Waals surface area contributed by atoms with Crippen molar-refractivity contribution >= 4 is 28.0 Å². The number of aromatic nitrogens is 2. The Labute approximate surface area is 115 Å². The van der Waals surface area contributed by atoms with Crippen LogP contribution in [0.25, 0.3) is 22.1 Å². The first-order valence-electron chi connectivity index (χ1n) is 6.25. The van der Waals surface area contributed by atoms with Crippen LogP contribution in [0.4, 0.5) is 0 Å². The van der Waals surface area contributed by atoms with E-state index in [9.17, 15) is 9.90 Å². The fourth-order valence-corrected chi connectivity index (χ4v) is 2.28. The summed E-state index contributed by atoms with van der Waals surface area (Å²) in [5.74, 6) is -0.532. The molecule has 0 aliphatic heterocycles. The largest absolute Gasteiger partial charge is 0.389 e. The number of aliphatic hydroxyl groups excluding tert-OH is 1. The van der Waals surface area contributed by atoms with Crippen molar-refractivity contribution in [1.82, 2.24) is 9.97 Å². The third-order valence-electron chi connectivity index (χ3n) is 3.24. The first-order valence-corrected chi connectivity index (χ1v) is 6.25. The number of hydrogen-bond acceptors (Lipinski definition) is 4. The first kappa shape index (κ1) is 12.5. The van der Waals surface area contributed by atoms with Gasteiger partial charge in [-0.1, -0.05) is 18.2 Å². The number of hydrogen-bond donors (Lipinski definition) is 2. The van der Waals surface area contributed by atoms with Crippen LogP contribution in [0.3, 0.4) is 0 Å². The van der Waals surface area contributed by atoms with Gasteiger partial charge in [0, 0.05) is 5.56 Å². The minimum absolute atomic E-state index is 0.347. The molecule has 0 aliphatic rings. The normalized spacial score (nSPS) is 12.7. The number of carbonyl (C=O) groups is 1. The SMILES string of the molecule is CC(O)c1cccc2nc3c(C(N)=O)cccc3nc12. The zero-order chi connectivity index (χ0) is 14.3. The van der Waals surface area contributed by atoms with Crippen molar-refractivity contribution in [1.29, 1.82) is 0 Å². The lowest BCUT2D eigenvalue weighted by Crippen LogP contribution is -2.12. The number of carbonyl (C=O) groups excluding carboxylic acids is 1. The van der Waals surface area contributed by atoms with E-state index in [0.29, 0.717) is 33.2 Å². The molecular formula is C15H13N3O2. The molecule has 3 N–H and O–H groups in total. The first-order chi connectivity index (χ1) is 9.58. The summed E-state index contributed by atoms with van der Waals surface area (Å²) in [5.41, 5.74) is 8.74. The molecular weight excluding hydrogens is 254 g/mol. The van der Waals surface area contributed by atoms with Crippen LogP contribution in [0.2, 0.25) is 0 Å². The molecule has 100 valence electrons. The number of amides is 1. The van der Waals surface area contributed by atoms with Gasteiger partial charge in [0.25, 0.3) is 5.91 Å². The Bertz CT molecular complexity index is 828. The summed E-state index contributed by atoms with van der Waals surface area (Å²) < 4.78 is 0. The Kier molecular flexibility index (Phi) is 2.84. The Morgan fingerprint density at radius 1 is 1.10 bits per heavy atom. The number of para-hydroxylation sites is 2. The number of primary amides is 1. The second-order valence-electron chi connectivity index (χ2n) is 4.65. The molecule has 3 aromatic rings. The molecule has 5 heteroatoms. The zero-order valence-corrected chi connectivity index (χ0v) is 10.9. The van der Waals surface area contributed by atoms with E-state index < -0.39 is 12.0 Å². The fourth-order valence-electron chi connectivity index (χ4n) is 2.28. The highest BCUT2D eigenvalue weighted by molar-refractivity contribution is 6.05. The zero-order valence-electron chi connectivity index (χ0n) is 10.9. The monoisotopic (exact) mass is 267 g/mol. The van der Waals surface area contributed by atoms with Crippen LogP contribution in [-0.2, 0) is 0 Å². The molecule has 1 unspecified atom stereocenters. The van der Waals surface area contributed by atoms with Crippen LogP contribution in [-0.4, -0.2) is 21.0 Å². The topological polar surface area (TPSA) is 89.1 Å². The van der Waals surface area contributed by atoms with Gasteiger partial charge in [-0.05, 0) is 25.1 Å². The maximum absolute atomic E-state index is 11.4. The number of fused-ring (bicyclic) bond motifs is 2. The quantitative estimate of drug-likeness (QED) is 0.694. The molecule has 1 atom stereocenters. The molecule has 0 aliphatic carbocycles. The summed E-state index contributed by atoms with van der Waals surface area (Å²) in [7, 11) is 0. The van der Waals surface area contributed by atoms with E-state index in [4.69, 9.17) is 5.73 Å². The molecule has 0 spiro atoms. The molecule has 0 bridgehead atoms. The van der Waals surface area contributed by atoms with Gasteiger partial charge in [-0.3, -0.25) is 4.79 Å². The van der Waals surface area contributed by atoms with Gasteiger partial charge < -0.3 is 10.8 Å². The minimum atomic E-state index is -0.634. The van der Waals surface area contributed by atoms with Gasteiger partial charge in [-0.25, -0.2) is 9.97 Å². The molecule has 2 aromatic carbocycles. The van der Waals surface area contributed by atoms with Crippen LogP contribution in [0.1, 0.15) is 28.9 Å². The Balaban J connectivity index is 2.43. The second kappa shape index (κ2) is 4.54.